The average Bonchev–Trinajstić information content (AvgIpc) is 3.06. The number of fused-ring (bicyclic) bond motifs is 1. The first-order valence-corrected chi connectivity index (χ1v) is 9.63. The second kappa shape index (κ2) is 7.33. The van der Waals surface area contributed by atoms with Gasteiger partial charge >= 0.3 is 0 Å². The van der Waals surface area contributed by atoms with E-state index in [1.165, 1.54) is 12.1 Å². The van der Waals surface area contributed by atoms with E-state index >= 15 is 0 Å². The maximum Gasteiger partial charge on any atom is 0.267 e. The number of nitrogens with zero attached hydrogens (tertiary/aromatic N) is 1. The van der Waals surface area contributed by atoms with Crippen LogP contribution < -0.4 is 5.32 Å². The number of rotatable bonds is 3. The first kappa shape index (κ1) is 19.2. The first-order chi connectivity index (χ1) is 13.3. The fraction of sp³-hybridized carbons (Fsp3) is 0.300. The van der Waals surface area contributed by atoms with E-state index in [-0.39, 0.29) is 18.4 Å². The van der Waals surface area contributed by atoms with Crippen molar-refractivity contribution in [3.05, 3.63) is 52.0 Å². The minimum absolute atomic E-state index is 0.204. The van der Waals surface area contributed by atoms with E-state index in [1.807, 2.05) is 0 Å². The summed E-state index contributed by atoms with van der Waals surface area (Å²) in [6, 6.07) is 8.42. The predicted molar refractivity (Wildman–Crippen MR) is 104 cm³/mol. The smallest absolute Gasteiger partial charge is 0.267 e. The number of benzene rings is 2. The van der Waals surface area contributed by atoms with Crippen molar-refractivity contribution in [2.24, 2.45) is 0 Å². The molecule has 1 amide bonds. The van der Waals surface area contributed by atoms with Gasteiger partial charge in [0.2, 0.25) is 5.89 Å². The van der Waals surface area contributed by atoms with Gasteiger partial charge in [-0.25, -0.2) is 13.8 Å². The van der Waals surface area contributed by atoms with Gasteiger partial charge in [-0.05, 0) is 49.2 Å². The van der Waals surface area contributed by atoms with Crippen LogP contribution in [-0.2, 0) is 0 Å². The number of carbonyl (C=O) groups excluding carboxylic acids is 1. The van der Waals surface area contributed by atoms with E-state index in [1.54, 1.807) is 24.3 Å². The van der Waals surface area contributed by atoms with E-state index < -0.39 is 17.9 Å². The summed E-state index contributed by atoms with van der Waals surface area (Å²) in [5, 5.41) is 3.34. The van der Waals surface area contributed by atoms with Crippen LogP contribution in [0.15, 0.2) is 40.8 Å². The third-order valence-electron chi connectivity index (χ3n) is 4.83. The number of amides is 1. The zero-order valence-corrected chi connectivity index (χ0v) is 16.2. The molecule has 0 saturated heterocycles. The molecule has 0 radical (unpaired) electrons. The van der Waals surface area contributed by atoms with Gasteiger partial charge in [0.25, 0.3) is 11.8 Å². The SMILES string of the molecule is O=C(NC1CCCCC1(F)F)c1ccc2nc(-c3cc(Cl)cc(Cl)c3)oc2c1. The highest BCUT2D eigenvalue weighted by Gasteiger charge is 2.42. The molecule has 1 atom stereocenters. The second-order valence-electron chi connectivity index (χ2n) is 6.89. The van der Waals surface area contributed by atoms with Crippen LogP contribution in [0.4, 0.5) is 8.78 Å². The Hall–Kier alpha value is -2.18. The van der Waals surface area contributed by atoms with Crippen molar-refractivity contribution in [1.82, 2.24) is 10.3 Å². The topological polar surface area (TPSA) is 55.1 Å². The van der Waals surface area contributed by atoms with Gasteiger partial charge in [0.1, 0.15) is 5.52 Å². The number of hydrogen-bond donors (Lipinski definition) is 1. The van der Waals surface area contributed by atoms with E-state index in [0.29, 0.717) is 45.4 Å². The Morgan fingerprint density at radius 1 is 1.14 bits per heavy atom. The number of hydrogen-bond acceptors (Lipinski definition) is 3. The van der Waals surface area contributed by atoms with Gasteiger partial charge in [-0.3, -0.25) is 4.79 Å². The van der Waals surface area contributed by atoms with Crippen LogP contribution >= 0.6 is 23.2 Å². The lowest BCUT2D eigenvalue weighted by Crippen LogP contribution is -2.49. The zero-order valence-electron chi connectivity index (χ0n) is 14.6. The van der Waals surface area contributed by atoms with Gasteiger partial charge in [0, 0.05) is 27.6 Å². The molecule has 1 aliphatic rings. The molecule has 4 rings (SSSR count). The molecule has 2 aromatic carbocycles. The summed E-state index contributed by atoms with van der Waals surface area (Å²) in [4.78, 5) is 16.8. The Balaban J connectivity index is 1.60. The first-order valence-electron chi connectivity index (χ1n) is 8.87. The lowest BCUT2D eigenvalue weighted by molar-refractivity contribution is -0.0609. The van der Waals surface area contributed by atoms with Crippen LogP contribution in [0.5, 0.6) is 0 Å². The highest BCUT2D eigenvalue weighted by molar-refractivity contribution is 6.35. The molecule has 1 heterocycles. The predicted octanol–water partition coefficient (Wildman–Crippen LogP) is 6.11. The third kappa shape index (κ3) is 3.84. The standard InChI is InChI=1S/C20H16Cl2F2N2O2/c21-13-7-12(8-14(22)10-13)19-25-15-5-4-11(9-16(15)28-19)18(27)26-17-3-1-2-6-20(17,23)24/h4-5,7-10,17H,1-3,6H2,(H,26,27). The third-order valence-corrected chi connectivity index (χ3v) is 5.26. The van der Waals surface area contributed by atoms with E-state index in [9.17, 15) is 13.6 Å². The minimum atomic E-state index is -2.89. The molecule has 146 valence electrons. The van der Waals surface area contributed by atoms with Crippen LogP contribution in [0, 0.1) is 0 Å². The lowest BCUT2D eigenvalue weighted by atomic mass is 9.91. The highest BCUT2D eigenvalue weighted by Crippen LogP contribution is 2.34. The summed E-state index contributed by atoms with van der Waals surface area (Å²) in [6.07, 6.45) is 1.21. The Kier molecular flexibility index (Phi) is 5.02. The maximum absolute atomic E-state index is 14.0. The molecule has 28 heavy (non-hydrogen) atoms. The van der Waals surface area contributed by atoms with Crippen LogP contribution in [-0.4, -0.2) is 22.9 Å². The van der Waals surface area contributed by atoms with Crippen LogP contribution in [0.3, 0.4) is 0 Å². The van der Waals surface area contributed by atoms with Gasteiger partial charge in [-0.2, -0.15) is 0 Å². The van der Waals surface area contributed by atoms with Gasteiger partial charge in [-0.15, -0.1) is 0 Å². The molecule has 0 bridgehead atoms. The highest BCUT2D eigenvalue weighted by atomic mass is 35.5. The molecule has 1 saturated carbocycles. The van der Waals surface area contributed by atoms with Crippen molar-refractivity contribution in [2.75, 3.05) is 0 Å². The van der Waals surface area contributed by atoms with Crippen molar-refractivity contribution in [1.29, 1.82) is 0 Å². The summed E-state index contributed by atoms with van der Waals surface area (Å²) in [5.41, 5.74) is 1.74. The minimum Gasteiger partial charge on any atom is -0.436 e. The van der Waals surface area contributed by atoms with Crippen molar-refractivity contribution in [3.8, 4) is 11.5 Å². The van der Waals surface area contributed by atoms with Crippen LogP contribution in [0.25, 0.3) is 22.6 Å². The fourth-order valence-electron chi connectivity index (χ4n) is 3.38. The molecule has 1 aliphatic carbocycles. The number of nitrogens with one attached hydrogen (secondary N) is 1. The molecule has 3 aromatic rings. The number of alkyl halides is 2. The monoisotopic (exact) mass is 424 g/mol. The average molecular weight is 425 g/mol. The Bertz CT molecular complexity index is 1030. The Morgan fingerprint density at radius 2 is 1.89 bits per heavy atom. The van der Waals surface area contributed by atoms with Gasteiger partial charge < -0.3 is 9.73 Å². The second-order valence-corrected chi connectivity index (χ2v) is 7.77. The van der Waals surface area contributed by atoms with Gasteiger partial charge in [0.05, 0.1) is 6.04 Å². The van der Waals surface area contributed by atoms with Gasteiger partial charge in [-0.1, -0.05) is 29.6 Å². The lowest BCUT2D eigenvalue weighted by Gasteiger charge is -2.31. The van der Waals surface area contributed by atoms with Crippen molar-refractivity contribution in [3.63, 3.8) is 0 Å². The fourth-order valence-corrected chi connectivity index (χ4v) is 3.91. The summed E-state index contributed by atoms with van der Waals surface area (Å²) in [6.45, 7) is 0. The number of carbonyl (C=O) groups is 1. The molecular weight excluding hydrogens is 409 g/mol. The molecule has 0 aliphatic heterocycles. The summed E-state index contributed by atoms with van der Waals surface area (Å²) >= 11 is 12.0. The molecular formula is C20H16Cl2F2N2O2. The normalized spacial score (nSPS) is 18.9. The molecule has 4 nitrogen and oxygen atoms in total. The largest absolute Gasteiger partial charge is 0.436 e. The van der Waals surface area contributed by atoms with E-state index in [2.05, 4.69) is 10.3 Å². The Morgan fingerprint density at radius 3 is 2.61 bits per heavy atom. The quantitative estimate of drug-likeness (QED) is 0.551. The summed E-state index contributed by atoms with van der Waals surface area (Å²) < 4.78 is 33.7. The van der Waals surface area contributed by atoms with Crippen molar-refractivity contribution < 1.29 is 18.0 Å². The molecule has 1 aromatic heterocycles. The Labute approximate surface area is 169 Å². The van der Waals surface area contributed by atoms with Crippen LogP contribution in [0.2, 0.25) is 10.0 Å². The van der Waals surface area contributed by atoms with E-state index in [0.717, 1.165) is 0 Å². The maximum atomic E-state index is 14.0. The van der Waals surface area contributed by atoms with Crippen molar-refractivity contribution in [2.45, 2.75) is 37.6 Å². The van der Waals surface area contributed by atoms with Gasteiger partial charge in [0.15, 0.2) is 5.58 Å². The number of oxazole rings is 1. The number of halogens is 4. The molecule has 1 N–H and O–H groups in total. The van der Waals surface area contributed by atoms with E-state index in [4.69, 9.17) is 27.6 Å². The molecule has 8 heteroatoms. The zero-order chi connectivity index (χ0) is 19.9. The summed E-state index contributed by atoms with van der Waals surface area (Å²) in [7, 11) is 0. The summed E-state index contributed by atoms with van der Waals surface area (Å²) in [5.74, 6) is -3.14. The molecule has 0 spiro atoms. The molecule has 1 fully saturated rings. The number of aromatic nitrogens is 1. The van der Waals surface area contributed by atoms with Crippen LogP contribution in [0.1, 0.15) is 36.0 Å². The van der Waals surface area contributed by atoms with Crippen molar-refractivity contribution >= 4 is 40.2 Å². The molecule has 1 unspecified atom stereocenters.